The van der Waals surface area contributed by atoms with Crippen LogP contribution in [0.2, 0.25) is 0 Å². The average molecular weight is 283 g/mol. The van der Waals surface area contributed by atoms with Gasteiger partial charge in [0.25, 0.3) is 0 Å². The van der Waals surface area contributed by atoms with Crippen molar-refractivity contribution < 1.29 is 17.6 Å². The molecule has 0 aliphatic rings. The van der Waals surface area contributed by atoms with Crippen LogP contribution in [0, 0.1) is 12.7 Å². The summed E-state index contributed by atoms with van der Waals surface area (Å²) in [6.07, 6.45) is -4.37. The predicted molar refractivity (Wildman–Crippen MR) is 69.9 cm³/mol. The number of nitrogens with one attached hydrogen (secondary N) is 1. The van der Waals surface area contributed by atoms with E-state index in [0.29, 0.717) is 5.56 Å². The van der Waals surface area contributed by atoms with Crippen molar-refractivity contribution in [2.75, 3.05) is 5.32 Å². The zero-order valence-corrected chi connectivity index (χ0v) is 10.8. The molecule has 0 spiro atoms. The molecule has 20 heavy (non-hydrogen) atoms. The lowest BCUT2D eigenvalue weighted by atomic mass is 10.1. The van der Waals surface area contributed by atoms with Crippen LogP contribution < -0.4 is 5.32 Å². The van der Waals surface area contributed by atoms with Gasteiger partial charge in [0.05, 0.1) is 11.3 Å². The maximum Gasteiger partial charge on any atom is 0.416 e. The summed E-state index contributed by atoms with van der Waals surface area (Å²) < 4.78 is 51.3. The minimum absolute atomic E-state index is 0.129. The van der Waals surface area contributed by atoms with E-state index in [-0.39, 0.29) is 12.2 Å². The standard InChI is InChI=1S/C15H13F4N/c1-10-5-6-14(13(16)7-10)20-9-11-3-2-4-12(8-11)15(17,18)19/h2-8,20H,9H2,1H3. The third-order valence-electron chi connectivity index (χ3n) is 2.86. The summed E-state index contributed by atoms with van der Waals surface area (Å²) >= 11 is 0. The normalized spacial score (nSPS) is 11.4. The van der Waals surface area contributed by atoms with Crippen LogP contribution in [0.25, 0.3) is 0 Å². The smallest absolute Gasteiger partial charge is 0.379 e. The first-order chi connectivity index (χ1) is 9.36. The summed E-state index contributed by atoms with van der Waals surface area (Å²) in [5, 5.41) is 2.79. The number of benzene rings is 2. The lowest BCUT2D eigenvalue weighted by molar-refractivity contribution is -0.137. The second-order valence-electron chi connectivity index (χ2n) is 4.53. The number of hydrogen-bond acceptors (Lipinski definition) is 1. The molecule has 0 amide bonds. The number of aryl methyl sites for hydroxylation is 1. The van der Waals surface area contributed by atoms with Gasteiger partial charge < -0.3 is 5.32 Å². The summed E-state index contributed by atoms with van der Waals surface area (Å²) in [6, 6.07) is 9.64. The Morgan fingerprint density at radius 3 is 2.45 bits per heavy atom. The van der Waals surface area contributed by atoms with Crippen LogP contribution in [0.15, 0.2) is 42.5 Å². The van der Waals surface area contributed by atoms with Gasteiger partial charge in [0.2, 0.25) is 0 Å². The fourth-order valence-electron chi connectivity index (χ4n) is 1.82. The molecule has 1 N–H and O–H groups in total. The summed E-state index contributed by atoms with van der Waals surface area (Å²) in [6.45, 7) is 1.89. The van der Waals surface area contributed by atoms with Crippen molar-refractivity contribution in [1.29, 1.82) is 0 Å². The van der Waals surface area contributed by atoms with Gasteiger partial charge in [-0.1, -0.05) is 18.2 Å². The third-order valence-corrected chi connectivity index (χ3v) is 2.86. The van der Waals surface area contributed by atoms with Gasteiger partial charge in [0.1, 0.15) is 5.82 Å². The van der Waals surface area contributed by atoms with E-state index in [1.165, 1.54) is 12.1 Å². The van der Waals surface area contributed by atoms with E-state index in [2.05, 4.69) is 5.32 Å². The quantitative estimate of drug-likeness (QED) is 0.800. The van der Waals surface area contributed by atoms with Crippen molar-refractivity contribution in [1.82, 2.24) is 0 Å². The molecule has 0 bridgehead atoms. The lowest BCUT2D eigenvalue weighted by Gasteiger charge is -2.11. The van der Waals surface area contributed by atoms with Crippen LogP contribution in [-0.2, 0) is 12.7 Å². The van der Waals surface area contributed by atoms with Crippen molar-refractivity contribution in [3.05, 3.63) is 65.0 Å². The minimum Gasteiger partial charge on any atom is -0.379 e. The van der Waals surface area contributed by atoms with E-state index in [9.17, 15) is 17.6 Å². The van der Waals surface area contributed by atoms with Gasteiger partial charge in [-0.05, 0) is 42.3 Å². The molecule has 0 atom stereocenters. The molecule has 0 radical (unpaired) electrons. The molecule has 5 heteroatoms. The number of hydrogen-bond donors (Lipinski definition) is 1. The molecule has 106 valence electrons. The molecule has 0 aromatic heterocycles. The molecule has 0 aliphatic heterocycles. The molecule has 0 fully saturated rings. The van der Waals surface area contributed by atoms with E-state index in [0.717, 1.165) is 17.7 Å². The molecule has 1 nitrogen and oxygen atoms in total. The first-order valence-corrected chi connectivity index (χ1v) is 6.02. The molecule has 2 aromatic rings. The van der Waals surface area contributed by atoms with E-state index in [4.69, 9.17) is 0 Å². The first kappa shape index (κ1) is 14.4. The Hall–Kier alpha value is -2.04. The number of halogens is 4. The molecule has 2 rings (SSSR count). The Kier molecular flexibility index (Phi) is 3.97. The molecule has 0 saturated heterocycles. The van der Waals surface area contributed by atoms with E-state index >= 15 is 0 Å². The molecular weight excluding hydrogens is 270 g/mol. The molecule has 0 heterocycles. The summed E-state index contributed by atoms with van der Waals surface area (Å²) in [5.74, 6) is -0.419. The lowest BCUT2D eigenvalue weighted by Crippen LogP contribution is -2.07. The largest absolute Gasteiger partial charge is 0.416 e. The van der Waals surface area contributed by atoms with Gasteiger partial charge in [0.15, 0.2) is 0 Å². The fraction of sp³-hybridized carbons (Fsp3) is 0.200. The topological polar surface area (TPSA) is 12.0 Å². The van der Waals surface area contributed by atoms with Crippen LogP contribution in [0.1, 0.15) is 16.7 Å². The highest BCUT2D eigenvalue weighted by atomic mass is 19.4. The summed E-state index contributed by atoms with van der Waals surface area (Å²) in [4.78, 5) is 0. The zero-order chi connectivity index (χ0) is 14.8. The summed E-state index contributed by atoms with van der Waals surface area (Å²) in [7, 11) is 0. The molecule has 0 aliphatic carbocycles. The SMILES string of the molecule is Cc1ccc(NCc2cccc(C(F)(F)F)c2)c(F)c1. The van der Waals surface area contributed by atoms with Crippen molar-refractivity contribution in [3.63, 3.8) is 0 Å². The van der Waals surface area contributed by atoms with E-state index in [1.807, 2.05) is 0 Å². The van der Waals surface area contributed by atoms with E-state index < -0.39 is 17.6 Å². The monoisotopic (exact) mass is 283 g/mol. The Morgan fingerprint density at radius 2 is 1.80 bits per heavy atom. The maximum absolute atomic E-state index is 13.6. The molecule has 2 aromatic carbocycles. The molecule has 0 saturated carbocycles. The first-order valence-electron chi connectivity index (χ1n) is 6.02. The zero-order valence-electron chi connectivity index (χ0n) is 10.8. The van der Waals surface area contributed by atoms with Gasteiger partial charge >= 0.3 is 6.18 Å². The Bertz CT molecular complexity index is 605. The van der Waals surface area contributed by atoms with Gasteiger partial charge in [-0.2, -0.15) is 13.2 Å². The van der Waals surface area contributed by atoms with Crippen molar-refractivity contribution in [2.24, 2.45) is 0 Å². The number of rotatable bonds is 3. The Morgan fingerprint density at radius 1 is 1.05 bits per heavy atom. The van der Waals surface area contributed by atoms with Crippen molar-refractivity contribution in [2.45, 2.75) is 19.6 Å². The van der Waals surface area contributed by atoms with Crippen LogP contribution in [-0.4, -0.2) is 0 Å². The van der Waals surface area contributed by atoms with Crippen molar-refractivity contribution >= 4 is 5.69 Å². The van der Waals surface area contributed by atoms with Crippen molar-refractivity contribution in [3.8, 4) is 0 Å². The predicted octanol–water partition coefficient (Wildman–Crippen LogP) is 4.77. The molecule has 0 unspecified atom stereocenters. The second kappa shape index (κ2) is 5.53. The molecular formula is C15H13F4N. The number of anilines is 1. The van der Waals surface area contributed by atoms with Crippen LogP contribution in [0.4, 0.5) is 23.2 Å². The minimum atomic E-state index is -4.37. The number of alkyl halides is 3. The summed E-state index contributed by atoms with van der Waals surface area (Å²) in [5.41, 5.74) is 0.793. The van der Waals surface area contributed by atoms with Crippen LogP contribution in [0.5, 0.6) is 0 Å². The van der Waals surface area contributed by atoms with E-state index in [1.54, 1.807) is 25.1 Å². The highest BCUT2D eigenvalue weighted by Gasteiger charge is 2.30. The van der Waals surface area contributed by atoms with Crippen LogP contribution in [0.3, 0.4) is 0 Å². The van der Waals surface area contributed by atoms with Gasteiger partial charge in [-0.15, -0.1) is 0 Å². The third kappa shape index (κ3) is 3.50. The second-order valence-corrected chi connectivity index (χ2v) is 4.53. The van der Waals surface area contributed by atoms with Gasteiger partial charge in [-0.3, -0.25) is 0 Å². The van der Waals surface area contributed by atoms with Gasteiger partial charge in [-0.25, -0.2) is 4.39 Å². The highest BCUT2D eigenvalue weighted by Crippen LogP contribution is 2.29. The Labute approximate surface area is 114 Å². The van der Waals surface area contributed by atoms with Crippen LogP contribution >= 0.6 is 0 Å². The highest BCUT2D eigenvalue weighted by molar-refractivity contribution is 5.46. The maximum atomic E-state index is 13.6. The Balaban J connectivity index is 2.11. The average Bonchev–Trinajstić information content (AvgIpc) is 2.37. The van der Waals surface area contributed by atoms with Gasteiger partial charge in [0, 0.05) is 6.54 Å². The fourth-order valence-corrected chi connectivity index (χ4v) is 1.82.